The fourth-order valence-electron chi connectivity index (χ4n) is 1.17. The normalized spacial score (nSPS) is 11.0. The van der Waals surface area contributed by atoms with Crippen molar-refractivity contribution in [3.63, 3.8) is 0 Å². The molecule has 0 saturated heterocycles. The Kier molecular flexibility index (Phi) is 7.53. The van der Waals surface area contributed by atoms with Gasteiger partial charge in [-0.2, -0.15) is 0 Å². The largest absolute Gasteiger partial charge is 0.324 e. The Balaban J connectivity index is 0.00000289. The lowest BCUT2D eigenvalue weighted by Gasteiger charge is -2.05. The summed E-state index contributed by atoms with van der Waals surface area (Å²) in [5.41, 5.74) is 5.53. The lowest BCUT2D eigenvalue weighted by Crippen LogP contribution is -2.09. The summed E-state index contributed by atoms with van der Waals surface area (Å²) in [7, 11) is -2.94. The van der Waals surface area contributed by atoms with Gasteiger partial charge in [0, 0.05) is 18.6 Å². The van der Waals surface area contributed by atoms with Gasteiger partial charge in [-0.05, 0) is 0 Å². The van der Waals surface area contributed by atoms with E-state index in [0.717, 1.165) is 0 Å². The minimum absolute atomic E-state index is 0. The predicted molar refractivity (Wildman–Crippen MR) is 75.8 cm³/mol. The van der Waals surface area contributed by atoms with Gasteiger partial charge in [-0.1, -0.05) is 17.8 Å². The van der Waals surface area contributed by atoms with Crippen LogP contribution in [0.3, 0.4) is 0 Å². The smallest absolute Gasteiger partial charge is 0.191 e. The zero-order chi connectivity index (χ0) is 12.9. The molecule has 1 aromatic heterocycles. The summed E-state index contributed by atoms with van der Waals surface area (Å²) in [6.07, 6.45) is 2.94. The second kappa shape index (κ2) is 7.78. The Morgan fingerprint density at radius 3 is 2.67 bits per heavy atom. The number of nitrogens with two attached hydrogens (primary N) is 1. The number of halogens is 1. The summed E-state index contributed by atoms with van der Waals surface area (Å²) in [6.45, 7) is 4.52. The number of hydrogen-bond donors (Lipinski definition) is 1. The maximum Gasteiger partial charge on any atom is 0.191 e. The molecule has 1 rings (SSSR count). The third kappa shape index (κ3) is 5.38. The molecule has 2 N–H and O–H groups in total. The van der Waals surface area contributed by atoms with Crippen molar-refractivity contribution in [3.05, 3.63) is 18.5 Å². The van der Waals surface area contributed by atoms with Crippen LogP contribution in [0, 0.1) is 0 Å². The Morgan fingerprint density at radius 1 is 1.50 bits per heavy atom. The van der Waals surface area contributed by atoms with E-state index >= 15 is 0 Å². The number of allylic oxidation sites excluding steroid dienone is 1. The van der Waals surface area contributed by atoms with E-state index in [9.17, 15) is 8.42 Å². The third-order valence-corrected chi connectivity index (χ3v) is 4.15. The standard InChI is InChI=1S/C9H16N4O2S2.ClH/c1-3-4-13-8(7-10)11-12-9(13)16-5-6-17(2,14)15;/h3H,1,4-7,10H2,2H3;1H. The number of hydrogen-bond acceptors (Lipinski definition) is 6. The Hall–Kier alpha value is -0.570. The topological polar surface area (TPSA) is 90.9 Å². The van der Waals surface area contributed by atoms with Crippen molar-refractivity contribution < 1.29 is 8.42 Å². The van der Waals surface area contributed by atoms with Crippen molar-refractivity contribution in [2.24, 2.45) is 5.73 Å². The van der Waals surface area contributed by atoms with Gasteiger partial charge in [0.15, 0.2) is 5.16 Å². The minimum Gasteiger partial charge on any atom is -0.324 e. The first-order valence-corrected chi connectivity index (χ1v) is 8.06. The van der Waals surface area contributed by atoms with Crippen molar-refractivity contribution in [3.8, 4) is 0 Å². The van der Waals surface area contributed by atoms with Crippen LogP contribution in [0.2, 0.25) is 0 Å². The number of sulfone groups is 1. The van der Waals surface area contributed by atoms with E-state index in [0.29, 0.717) is 29.8 Å². The molecule has 0 fully saturated rings. The average molecular weight is 313 g/mol. The number of thioether (sulfide) groups is 1. The van der Waals surface area contributed by atoms with Crippen LogP contribution >= 0.6 is 24.2 Å². The zero-order valence-corrected chi connectivity index (χ0v) is 12.5. The third-order valence-electron chi connectivity index (χ3n) is 1.97. The van der Waals surface area contributed by atoms with Gasteiger partial charge in [0.1, 0.15) is 15.7 Å². The van der Waals surface area contributed by atoms with Crippen molar-refractivity contribution >= 4 is 34.0 Å². The second-order valence-electron chi connectivity index (χ2n) is 3.48. The molecule has 0 aliphatic rings. The van der Waals surface area contributed by atoms with Crippen molar-refractivity contribution in [2.45, 2.75) is 18.2 Å². The van der Waals surface area contributed by atoms with Crippen molar-refractivity contribution in [1.82, 2.24) is 14.8 Å². The quantitative estimate of drug-likeness (QED) is 0.582. The first-order chi connectivity index (χ1) is 7.98. The molecule has 0 bridgehead atoms. The molecule has 0 aromatic carbocycles. The van der Waals surface area contributed by atoms with Crippen LogP contribution in [0.5, 0.6) is 0 Å². The molecule has 0 aliphatic heterocycles. The Bertz CT molecular complexity index is 487. The van der Waals surface area contributed by atoms with E-state index in [2.05, 4.69) is 16.8 Å². The monoisotopic (exact) mass is 312 g/mol. The van der Waals surface area contributed by atoms with Gasteiger partial charge in [0.05, 0.1) is 12.3 Å². The lowest BCUT2D eigenvalue weighted by molar-refractivity contribution is 0.603. The molecule has 6 nitrogen and oxygen atoms in total. The highest BCUT2D eigenvalue weighted by molar-refractivity contribution is 8.00. The maximum atomic E-state index is 11.0. The molecule has 18 heavy (non-hydrogen) atoms. The van der Waals surface area contributed by atoms with E-state index in [1.807, 2.05) is 4.57 Å². The van der Waals surface area contributed by atoms with E-state index in [4.69, 9.17) is 5.73 Å². The predicted octanol–water partition coefficient (Wildman–Crippen LogP) is 0.481. The van der Waals surface area contributed by atoms with Gasteiger partial charge in [-0.15, -0.1) is 29.2 Å². The van der Waals surface area contributed by atoms with Gasteiger partial charge in [-0.25, -0.2) is 8.42 Å². The number of rotatable bonds is 7. The summed E-state index contributed by atoms with van der Waals surface area (Å²) in [6, 6.07) is 0. The van der Waals surface area contributed by atoms with E-state index in [1.165, 1.54) is 18.0 Å². The van der Waals surface area contributed by atoms with Gasteiger partial charge in [0.2, 0.25) is 0 Å². The van der Waals surface area contributed by atoms with E-state index in [1.54, 1.807) is 6.08 Å². The molecule has 1 aromatic rings. The highest BCUT2D eigenvalue weighted by atomic mass is 35.5. The highest BCUT2D eigenvalue weighted by Crippen LogP contribution is 2.17. The van der Waals surface area contributed by atoms with E-state index in [-0.39, 0.29) is 18.2 Å². The molecule has 0 atom stereocenters. The maximum absolute atomic E-state index is 11.0. The van der Waals surface area contributed by atoms with Crippen LogP contribution in [-0.2, 0) is 22.9 Å². The fraction of sp³-hybridized carbons (Fsp3) is 0.556. The summed E-state index contributed by atoms with van der Waals surface area (Å²) < 4.78 is 23.8. The van der Waals surface area contributed by atoms with Crippen LogP contribution in [-0.4, -0.2) is 40.9 Å². The van der Waals surface area contributed by atoms with Crippen LogP contribution in [0.25, 0.3) is 0 Å². The molecule has 1 heterocycles. The lowest BCUT2D eigenvalue weighted by atomic mass is 10.5. The molecule has 0 amide bonds. The molecule has 0 aliphatic carbocycles. The molecule has 0 radical (unpaired) electrons. The minimum atomic E-state index is -2.94. The number of aromatic nitrogens is 3. The fourth-order valence-corrected chi connectivity index (χ4v) is 3.33. The summed E-state index contributed by atoms with van der Waals surface area (Å²) >= 11 is 1.36. The molecule has 0 spiro atoms. The van der Waals surface area contributed by atoms with Crippen molar-refractivity contribution in [2.75, 3.05) is 17.8 Å². The van der Waals surface area contributed by atoms with Crippen LogP contribution < -0.4 is 5.73 Å². The van der Waals surface area contributed by atoms with Gasteiger partial charge >= 0.3 is 0 Å². The Morgan fingerprint density at radius 2 is 2.17 bits per heavy atom. The Labute approximate surface area is 117 Å². The van der Waals surface area contributed by atoms with Crippen LogP contribution in [0.15, 0.2) is 17.8 Å². The SMILES string of the molecule is C=CCn1c(CN)nnc1SCCS(C)(=O)=O.Cl. The zero-order valence-electron chi connectivity index (χ0n) is 10.1. The average Bonchev–Trinajstić information content (AvgIpc) is 2.60. The van der Waals surface area contributed by atoms with Crippen LogP contribution in [0.4, 0.5) is 0 Å². The first-order valence-electron chi connectivity index (χ1n) is 5.01. The molecule has 104 valence electrons. The summed E-state index contributed by atoms with van der Waals surface area (Å²) in [5, 5.41) is 8.59. The molecular formula is C9H17ClN4O2S2. The summed E-state index contributed by atoms with van der Waals surface area (Å²) in [4.78, 5) is 0. The van der Waals surface area contributed by atoms with Gasteiger partial charge in [-0.3, -0.25) is 0 Å². The van der Waals surface area contributed by atoms with E-state index < -0.39 is 9.84 Å². The second-order valence-corrected chi connectivity index (χ2v) is 6.80. The van der Waals surface area contributed by atoms with Gasteiger partial charge in [0.25, 0.3) is 0 Å². The van der Waals surface area contributed by atoms with Crippen LogP contribution in [0.1, 0.15) is 5.82 Å². The first kappa shape index (κ1) is 17.4. The molecular weight excluding hydrogens is 296 g/mol. The molecule has 9 heteroatoms. The van der Waals surface area contributed by atoms with Crippen molar-refractivity contribution in [1.29, 1.82) is 0 Å². The molecule has 0 unspecified atom stereocenters. The highest BCUT2D eigenvalue weighted by Gasteiger charge is 2.11. The summed E-state index contributed by atoms with van der Waals surface area (Å²) in [5.74, 6) is 1.25. The molecule has 0 saturated carbocycles. The number of nitrogens with zero attached hydrogens (tertiary/aromatic N) is 3. The van der Waals surface area contributed by atoms with Gasteiger partial charge < -0.3 is 10.3 Å².